The van der Waals surface area contributed by atoms with Crippen molar-refractivity contribution in [3.8, 4) is 5.75 Å². The third-order valence-electron chi connectivity index (χ3n) is 1.84. The van der Waals surface area contributed by atoms with Gasteiger partial charge in [-0.25, -0.2) is 4.79 Å². The van der Waals surface area contributed by atoms with E-state index in [1.807, 2.05) is 0 Å². The van der Waals surface area contributed by atoms with Crippen LogP contribution in [0.2, 0.25) is 0 Å². The van der Waals surface area contributed by atoms with Gasteiger partial charge in [-0.05, 0) is 29.9 Å². The van der Waals surface area contributed by atoms with Crippen molar-refractivity contribution in [3.05, 3.63) is 29.3 Å². The standard InChI is InChI=1S/C10H11N3O3S/c1-16-8-4-6(5-12-13-10(11)17)2-3-7(8)9(14)15/h2-5H,1H3,(H,14,15)(H3,11,13,17). The molecule has 0 aliphatic heterocycles. The second kappa shape index (κ2) is 5.80. The Morgan fingerprint density at radius 1 is 1.65 bits per heavy atom. The Kier molecular flexibility index (Phi) is 4.41. The first-order chi connectivity index (χ1) is 8.04. The Labute approximate surface area is 103 Å². The fourth-order valence-corrected chi connectivity index (χ4v) is 1.19. The molecule has 0 bridgehead atoms. The Hall–Kier alpha value is -2.15. The monoisotopic (exact) mass is 253 g/mol. The lowest BCUT2D eigenvalue weighted by Gasteiger charge is -2.05. The van der Waals surface area contributed by atoms with Crippen LogP contribution in [0.4, 0.5) is 0 Å². The second-order valence-corrected chi connectivity index (χ2v) is 3.44. The summed E-state index contributed by atoms with van der Waals surface area (Å²) in [4.78, 5) is 10.8. The van der Waals surface area contributed by atoms with Crippen LogP contribution in [0.25, 0.3) is 0 Å². The molecule has 0 unspecified atom stereocenters. The molecule has 0 heterocycles. The van der Waals surface area contributed by atoms with Crippen LogP contribution in [-0.2, 0) is 0 Å². The molecule has 0 radical (unpaired) electrons. The summed E-state index contributed by atoms with van der Waals surface area (Å²) < 4.78 is 4.96. The lowest BCUT2D eigenvalue weighted by molar-refractivity contribution is 0.0693. The van der Waals surface area contributed by atoms with E-state index in [0.29, 0.717) is 5.56 Å². The Balaban J connectivity index is 2.93. The van der Waals surface area contributed by atoms with Gasteiger partial charge >= 0.3 is 5.97 Å². The van der Waals surface area contributed by atoms with Gasteiger partial charge in [0, 0.05) is 0 Å². The molecule has 7 heteroatoms. The molecule has 0 saturated heterocycles. The van der Waals surface area contributed by atoms with Gasteiger partial charge < -0.3 is 15.6 Å². The zero-order valence-electron chi connectivity index (χ0n) is 9.01. The summed E-state index contributed by atoms with van der Waals surface area (Å²) in [7, 11) is 1.40. The SMILES string of the molecule is COc1cc(C=NNC(N)=S)ccc1C(=O)O. The molecule has 1 rings (SSSR count). The largest absolute Gasteiger partial charge is 0.496 e. The highest BCUT2D eigenvalue weighted by Gasteiger charge is 2.10. The lowest BCUT2D eigenvalue weighted by Crippen LogP contribution is -2.23. The predicted octanol–water partition coefficient (Wildman–Crippen LogP) is 0.561. The molecule has 1 aromatic carbocycles. The van der Waals surface area contributed by atoms with Crippen LogP contribution in [0.3, 0.4) is 0 Å². The summed E-state index contributed by atoms with van der Waals surface area (Å²) >= 11 is 4.57. The van der Waals surface area contributed by atoms with Crippen molar-refractivity contribution in [3.63, 3.8) is 0 Å². The normalized spacial score (nSPS) is 10.2. The molecule has 0 spiro atoms. The maximum absolute atomic E-state index is 10.8. The third kappa shape index (κ3) is 3.72. The minimum atomic E-state index is -1.05. The maximum Gasteiger partial charge on any atom is 0.339 e. The number of ether oxygens (including phenoxy) is 1. The van der Waals surface area contributed by atoms with Crippen molar-refractivity contribution in [1.29, 1.82) is 0 Å². The summed E-state index contributed by atoms with van der Waals surface area (Å²) in [5.41, 5.74) is 8.32. The quantitative estimate of drug-likeness (QED) is 0.412. The number of benzene rings is 1. The van der Waals surface area contributed by atoms with Crippen LogP contribution in [0.1, 0.15) is 15.9 Å². The number of thiocarbonyl (C=S) groups is 1. The number of carboxylic acids is 1. The molecule has 90 valence electrons. The fourth-order valence-electron chi connectivity index (χ4n) is 1.14. The van der Waals surface area contributed by atoms with E-state index in [4.69, 9.17) is 15.6 Å². The minimum absolute atomic E-state index is 0.0513. The van der Waals surface area contributed by atoms with Crippen LogP contribution in [0, 0.1) is 0 Å². The Morgan fingerprint density at radius 2 is 2.35 bits per heavy atom. The average Bonchev–Trinajstić information content (AvgIpc) is 2.28. The molecule has 17 heavy (non-hydrogen) atoms. The summed E-state index contributed by atoms with van der Waals surface area (Å²) in [5, 5.41) is 12.7. The number of nitrogens with two attached hydrogens (primary N) is 1. The summed E-state index contributed by atoms with van der Waals surface area (Å²) in [6.07, 6.45) is 1.45. The minimum Gasteiger partial charge on any atom is -0.496 e. The number of nitrogens with zero attached hydrogens (tertiary/aromatic N) is 1. The van der Waals surface area contributed by atoms with Crippen molar-refractivity contribution in [1.82, 2.24) is 5.43 Å². The highest BCUT2D eigenvalue weighted by Crippen LogP contribution is 2.19. The smallest absolute Gasteiger partial charge is 0.339 e. The van der Waals surface area contributed by atoms with E-state index in [1.165, 1.54) is 19.4 Å². The number of carbonyl (C=O) groups is 1. The van der Waals surface area contributed by atoms with Gasteiger partial charge in [0.2, 0.25) is 0 Å². The highest BCUT2D eigenvalue weighted by molar-refractivity contribution is 7.80. The van der Waals surface area contributed by atoms with Crippen molar-refractivity contribution in [2.75, 3.05) is 7.11 Å². The molecular formula is C10H11N3O3S. The molecule has 0 saturated carbocycles. The Bertz CT molecular complexity index is 474. The van der Waals surface area contributed by atoms with Crippen LogP contribution >= 0.6 is 12.2 Å². The van der Waals surface area contributed by atoms with Crippen molar-refractivity contribution in [2.24, 2.45) is 10.8 Å². The van der Waals surface area contributed by atoms with E-state index in [0.717, 1.165) is 0 Å². The van der Waals surface area contributed by atoms with Crippen molar-refractivity contribution >= 4 is 29.5 Å². The number of hydrazone groups is 1. The molecule has 0 amide bonds. The number of nitrogens with one attached hydrogen (secondary N) is 1. The van der Waals surface area contributed by atoms with Gasteiger partial charge in [0.1, 0.15) is 11.3 Å². The Morgan fingerprint density at radius 3 is 2.88 bits per heavy atom. The van der Waals surface area contributed by atoms with Gasteiger partial charge in [-0.1, -0.05) is 6.07 Å². The first kappa shape index (κ1) is 12.9. The molecule has 4 N–H and O–H groups in total. The van der Waals surface area contributed by atoms with E-state index in [9.17, 15) is 4.79 Å². The lowest BCUT2D eigenvalue weighted by atomic mass is 10.1. The number of rotatable bonds is 4. The summed E-state index contributed by atoms with van der Waals surface area (Å²) in [6, 6.07) is 4.58. The van der Waals surface area contributed by atoms with E-state index in [2.05, 4.69) is 22.7 Å². The molecule has 0 fully saturated rings. The van der Waals surface area contributed by atoms with Crippen LogP contribution < -0.4 is 15.9 Å². The van der Waals surface area contributed by atoms with Crippen LogP contribution in [-0.4, -0.2) is 29.5 Å². The zero-order valence-corrected chi connectivity index (χ0v) is 9.82. The summed E-state index contributed by atoms with van der Waals surface area (Å²) in [6.45, 7) is 0. The molecule has 0 atom stereocenters. The van der Waals surface area contributed by atoms with Gasteiger partial charge in [0.05, 0.1) is 13.3 Å². The number of hydrogen-bond acceptors (Lipinski definition) is 4. The van der Waals surface area contributed by atoms with Crippen molar-refractivity contribution in [2.45, 2.75) is 0 Å². The predicted molar refractivity (Wildman–Crippen MR) is 67.5 cm³/mol. The van der Waals surface area contributed by atoms with E-state index in [-0.39, 0.29) is 16.4 Å². The second-order valence-electron chi connectivity index (χ2n) is 3.00. The number of aromatic carboxylic acids is 1. The van der Waals surface area contributed by atoms with Gasteiger partial charge in [-0.2, -0.15) is 5.10 Å². The molecule has 0 aliphatic carbocycles. The van der Waals surface area contributed by atoms with Gasteiger partial charge in [-0.15, -0.1) is 0 Å². The molecule has 6 nitrogen and oxygen atoms in total. The summed E-state index contributed by atoms with van der Waals surface area (Å²) in [5.74, 6) is -0.789. The number of methoxy groups -OCH3 is 1. The van der Waals surface area contributed by atoms with Crippen molar-refractivity contribution < 1.29 is 14.6 Å². The first-order valence-electron chi connectivity index (χ1n) is 4.54. The van der Waals surface area contributed by atoms with Crippen LogP contribution in [0.5, 0.6) is 5.75 Å². The average molecular weight is 253 g/mol. The van der Waals surface area contributed by atoms with E-state index < -0.39 is 5.97 Å². The third-order valence-corrected chi connectivity index (χ3v) is 1.94. The first-order valence-corrected chi connectivity index (χ1v) is 4.95. The van der Waals surface area contributed by atoms with Crippen LogP contribution in [0.15, 0.2) is 23.3 Å². The number of carboxylic acid groups (broad SMARTS) is 1. The van der Waals surface area contributed by atoms with E-state index in [1.54, 1.807) is 12.1 Å². The van der Waals surface area contributed by atoms with E-state index >= 15 is 0 Å². The van der Waals surface area contributed by atoms with Gasteiger partial charge in [0.25, 0.3) is 0 Å². The topological polar surface area (TPSA) is 96.9 Å². The zero-order chi connectivity index (χ0) is 12.8. The highest BCUT2D eigenvalue weighted by atomic mass is 32.1. The molecule has 0 aliphatic rings. The molecule has 0 aromatic heterocycles. The molecular weight excluding hydrogens is 242 g/mol. The fraction of sp³-hybridized carbons (Fsp3) is 0.100. The molecule has 1 aromatic rings. The van der Waals surface area contributed by atoms with Gasteiger partial charge in [-0.3, -0.25) is 5.43 Å². The maximum atomic E-state index is 10.8. The van der Waals surface area contributed by atoms with Gasteiger partial charge in [0.15, 0.2) is 5.11 Å². The number of hydrogen-bond donors (Lipinski definition) is 3.